The lowest BCUT2D eigenvalue weighted by Crippen LogP contribution is -1.79. The molecule has 13 heavy (non-hydrogen) atoms. The van der Waals surface area contributed by atoms with Crippen molar-refractivity contribution in [3.8, 4) is 0 Å². The summed E-state index contributed by atoms with van der Waals surface area (Å²) >= 11 is 8.06. The standard InChI is InChI=1S/C10H10S3/c1-6-7-3-4-13-10(7)9(12-2)5-8(6)11/h3-5,11H,1-2H3. The van der Waals surface area contributed by atoms with Crippen molar-refractivity contribution in [3.63, 3.8) is 0 Å². The van der Waals surface area contributed by atoms with Crippen molar-refractivity contribution >= 4 is 45.8 Å². The van der Waals surface area contributed by atoms with Gasteiger partial charge in [0, 0.05) is 14.5 Å². The van der Waals surface area contributed by atoms with Gasteiger partial charge in [0.05, 0.1) is 0 Å². The fraction of sp³-hybridized carbons (Fsp3) is 0.200. The van der Waals surface area contributed by atoms with Gasteiger partial charge in [0.2, 0.25) is 0 Å². The third kappa shape index (κ3) is 1.49. The van der Waals surface area contributed by atoms with Crippen LogP contribution in [0.5, 0.6) is 0 Å². The highest BCUT2D eigenvalue weighted by Crippen LogP contribution is 2.36. The highest BCUT2D eigenvalue weighted by molar-refractivity contribution is 7.99. The van der Waals surface area contributed by atoms with Crippen LogP contribution < -0.4 is 0 Å². The molecule has 0 bridgehead atoms. The number of thiol groups is 1. The van der Waals surface area contributed by atoms with E-state index in [9.17, 15) is 0 Å². The normalized spacial score (nSPS) is 11.0. The maximum absolute atomic E-state index is 4.46. The molecule has 0 amide bonds. The van der Waals surface area contributed by atoms with Crippen molar-refractivity contribution in [2.24, 2.45) is 0 Å². The minimum atomic E-state index is 1.09. The number of hydrogen-bond acceptors (Lipinski definition) is 3. The van der Waals surface area contributed by atoms with E-state index in [1.807, 2.05) is 0 Å². The van der Waals surface area contributed by atoms with Gasteiger partial charge < -0.3 is 0 Å². The van der Waals surface area contributed by atoms with Crippen LogP contribution in [0.25, 0.3) is 10.1 Å². The van der Waals surface area contributed by atoms with Gasteiger partial charge in [-0.05, 0) is 41.6 Å². The molecule has 2 aromatic rings. The molecule has 68 valence electrons. The van der Waals surface area contributed by atoms with Gasteiger partial charge >= 0.3 is 0 Å². The molecule has 0 nitrogen and oxygen atoms in total. The molecule has 0 unspecified atom stereocenters. The first kappa shape index (κ1) is 9.44. The van der Waals surface area contributed by atoms with Crippen LogP contribution >= 0.6 is 35.7 Å². The molecule has 3 heteroatoms. The van der Waals surface area contributed by atoms with E-state index in [4.69, 9.17) is 0 Å². The number of fused-ring (bicyclic) bond motifs is 1. The van der Waals surface area contributed by atoms with Gasteiger partial charge in [0.1, 0.15) is 0 Å². The third-order valence-electron chi connectivity index (χ3n) is 2.16. The van der Waals surface area contributed by atoms with Crippen LogP contribution in [-0.2, 0) is 0 Å². The van der Waals surface area contributed by atoms with Crippen LogP contribution in [0.15, 0.2) is 27.3 Å². The van der Waals surface area contributed by atoms with Crippen LogP contribution in [0, 0.1) is 6.92 Å². The minimum Gasteiger partial charge on any atom is -0.143 e. The predicted molar refractivity (Wildman–Crippen MR) is 65.6 cm³/mol. The van der Waals surface area contributed by atoms with E-state index in [-0.39, 0.29) is 0 Å². The second-order valence-electron chi connectivity index (χ2n) is 2.89. The molecule has 0 spiro atoms. The summed E-state index contributed by atoms with van der Waals surface area (Å²) in [4.78, 5) is 2.43. The molecule has 0 saturated heterocycles. The smallest absolute Gasteiger partial charge is 0.0481 e. The molecule has 0 aliphatic carbocycles. The van der Waals surface area contributed by atoms with Gasteiger partial charge in [-0.1, -0.05) is 0 Å². The number of aryl methyl sites for hydroxylation is 1. The molecule has 0 aliphatic rings. The van der Waals surface area contributed by atoms with E-state index in [0.29, 0.717) is 0 Å². The van der Waals surface area contributed by atoms with E-state index in [1.54, 1.807) is 23.1 Å². The summed E-state index contributed by atoms with van der Waals surface area (Å²) in [6.45, 7) is 2.13. The summed E-state index contributed by atoms with van der Waals surface area (Å²) in [7, 11) is 0. The van der Waals surface area contributed by atoms with Crippen LogP contribution in [0.1, 0.15) is 5.56 Å². The molecular weight excluding hydrogens is 216 g/mol. The van der Waals surface area contributed by atoms with Gasteiger partial charge in [-0.15, -0.1) is 35.7 Å². The molecule has 1 heterocycles. The van der Waals surface area contributed by atoms with Crippen molar-refractivity contribution in [1.82, 2.24) is 0 Å². The van der Waals surface area contributed by atoms with Crippen molar-refractivity contribution in [1.29, 1.82) is 0 Å². The molecule has 2 rings (SSSR count). The largest absolute Gasteiger partial charge is 0.143 e. The quantitative estimate of drug-likeness (QED) is 0.561. The zero-order valence-electron chi connectivity index (χ0n) is 7.50. The summed E-state index contributed by atoms with van der Waals surface area (Å²) < 4.78 is 1.39. The first-order valence-electron chi connectivity index (χ1n) is 3.98. The first-order chi connectivity index (χ1) is 6.24. The Labute approximate surface area is 91.8 Å². The maximum atomic E-state index is 4.46. The Morgan fingerprint density at radius 2 is 2.23 bits per heavy atom. The second kappa shape index (κ2) is 3.56. The SMILES string of the molecule is CSc1cc(S)c(C)c2ccsc12. The zero-order valence-corrected chi connectivity index (χ0v) is 10.0. The average molecular weight is 226 g/mol. The van der Waals surface area contributed by atoms with Crippen molar-refractivity contribution in [2.45, 2.75) is 16.7 Å². The summed E-state index contributed by atoms with van der Waals surface area (Å²) in [5.41, 5.74) is 1.29. The number of rotatable bonds is 1. The van der Waals surface area contributed by atoms with Gasteiger partial charge in [-0.25, -0.2) is 0 Å². The first-order valence-corrected chi connectivity index (χ1v) is 6.53. The fourth-order valence-electron chi connectivity index (χ4n) is 1.38. The Bertz CT molecular complexity index is 443. The Hall–Kier alpha value is -0.120. The topological polar surface area (TPSA) is 0 Å². The molecule has 0 radical (unpaired) electrons. The van der Waals surface area contributed by atoms with Crippen LogP contribution in [-0.4, -0.2) is 6.26 Å². The molecule has 0 saturated carbocycles. The Morgan fingerprint density at radius 3 is 2.92 bits per heavy atom. The average Bonchev–Trinajstić information content (AvgIpc) is 2.60. The lowest BCUT2D eigenvalue weighted by Gasteiger charge is -2.05. The molecule has 0 atom stereocenters. The summed E-state index contributed by atoms with van der Waals surface area (Å²) in [5.74, 6) is 0. The van der Waals surface area contributed by atoms with E-state index >= 15 is 0 Å². The second-order valence-corrected chi connectivity index (χ2v) is 5.13. The molecule has 1 aromatic heterocycles. The maximum Gasteiger partial charge on any atom is 0.0481 e. The number of thiophene rings is 1. The van der Waals surface area contributed by atoms with Crippen LogP contribution in [0.3, 0.4) is 0 Å². The third-order valence-corrected chi connectivity index (χ3v) is 4.47. The summed E-state index contributed by atoms with van der Waals surface area (Å²) in [5, 5.41) is 3.49. The number of hydrogen-bond donors (Lipinski definition) is 1. The van der Waals surface area contributed by atoms with Crippen molar-refractivity contribution < 1.29 is 0 Å². The Balaban J connectivity index is 2.87. The molecule has 1 aromatic carbocycles. The summed E-state index contributed by atoms with van der Waals surface area (Å²) in [6.07, 6.45) is 2.11. The Morgan fingerprint density at radius 1 is 1.46 bits per heavy atom. The van der Waals surface area contributed by atoms with E-state index in [1.165, 1.54) is 20.5 Å². The van der Waals surface area contributed by atoms with Crippen LogP contribution in [0.2, 0.25) is 0 Å². The molecule has 0 fully saturated rings. The van der Waals surface area contributed by atoms with Gasteiger partial charge in [-0.3, -0.25) is 0 Å². The lowest BCUT2D eigenvalue weighted by atomic mass is 10.1. The molecular formula is C10H10S3. The minimum absolute atomic E-state index is 1.09. The lowest BCUT2D eigenvalue weighted by molar-refractivity contribution is 1.31. The number of benzene rings is 1. The Kier molecular flexibility index (Phi) is 2.58. The molecule has 0 N–H and O–H groups in total. The highest BCUT2D eigenvalue weighted by Gasteiger charge is 2.07. The predicted octanol–water partition coefficient (Wildman–Crippen LogP) is 4.22. The van der Waals surface area contributed by atoms with Gasteiger partial charge in [-0.2, -0.15) is 0 Å². The van der Waals surface area contributed by atoms with Crippen LogP contribution in [0.4, 0.5) is 0 Å². The number of thioether (sulfide) groups is 1. The molecule has 0 aliphatic heterocycles. The van der Waals surface area contributed by atoms with Crippen molar-refractivity contribution in [2.75, 3.05) is 6.26 Å². The highest BCUT2D eigenvalue weighted by atomic mass is 32.2. The van der Waals surface area contributed by atoms with E-state index in [2.05, 4.69) is 43.3 Å². The van der Waals surface area contributed by atoms with Gasteiger partial charge in [0.25, 0.3) is 0 Å². The van der Waals surface area contributed by atoms with Crippen molar-refractivity contribution in [3.05, 3.63) is 23.1 Å². The summed E-state index contributed by atoms with van der Waals surface area (Å²) in [6, 6.07) is 4.33. The van der Waals surface area contributed by atoms with Gasteiger partial charge in [0.15, 0.2) is 0 Å². The zero-order chi connectivity index (χ0) is 9.42. The fourth-order valence-corrected chi connectivity index (χ4v) is 3.51. The monoisotopic (exact) mass is 226 g/mol. The van der Waals surface area contributed by atoms with E-state index in [0.717, 1.165) is 4.90 Å². The van der Waals surface area contributed by atoms with E-state index < -0.39 is 0 Å².